The number of ether oxygens (including phenoxy) is 1. The summed E-state index contributed by atoms with van der Waals surface area (Å²) in [4.78, 5) is 37.8. The molecule has 0 atom stereocenters. The number of carbonyl (C=O) groups excluding carboxylic acids is 2. The molecule has 8 heteroatoms. The molecule has 0 saturated carbocycles. The Morgan fingerprint density at radius 2 is 1.77 bits per heavy atom. The Morgan fingerprint density at radius 1 is 1.10 bits per heavy atom. The maximum absolute atomic E-state index is 13.1. The van der Waals surface area contributed by atoms with Gasteiger partial charge in [-0.2, -0.15) is 0 Å². The van der Waals surface area contributed by atoms with E-state index in [1.165, 1.54) is 0 Å². The first-order valence-corrected chi connectivity index (χ1v) is 10.9. The number of benzene rings is 1. The van der Waals surface area contributed by atoms with Gasteiger partial charge in [0.2, 0.25) is 11.9 Å². The molecule has 2 aromatic rings. The number of hydrogen-bond donors (Lipinski definition) is 1. The van der Waals surface area contributed by atoms with Gasteiger partial charge in [-0.1, -0.05) is 18.2 Å². The normalized spacial score (nSPS) is 21.2. The summed E-state index contributed by atoms with van der Waals surface area (Å²) in [6.07, 6.45) is 6.56. The average molecular weight is 422 g/mol. The third kappa shape index (κ3) is 3.76. The Balaban J connectivity index is 1.15. The summed E-state index contributed by atoms with van der Waals surface area (Å²) < 4.78 is 5.81. The van der Waals surface area contributed by atoms with Crippen LogP contribution in [-0.2, 0) is 21.7 Å². The van der Waals surface area contributed by atoms with E-state index in [2.05, 4.69) is 14.9 Å². The van der Waals surface area contributed by atoms with Gasteiger partial charge in [-0.15, -0.1) is 0 Å². The lowest BCUT2D eigenvalue weighted by molar-refractivity contribution is -0.141. The van der Waals surface area contributed by atoms with Crippen LogP contribution in [0.4, 0.5) is 5.95 Å². The molecule has 0 aliphatic carbocycles. The van der Waals surface area contributed by atoms with Gasteiger partial charge in [0.05, 0.1) is 5.56 Å². The molecule has 31 heavy (non-hydrogen) atoms. The number of piperidine rings is 2. The first-order chi connectivity index (χ1) is 15.0. The van der Waals surface area contributed by atoms with Crippen molar-refractivity contribution in [2.45, 2.75) is 37.8 Å². The van der Waals surface area contributed by atoms with Gasteiger partial charge in [-0.3, -0.25) is 9.69 Å². The van der Waals surface area contributed by atoms with Gasteiger partial charge < -0.3 is 15.4 Å². The van der Waals surface area contributed by atoms with E-state index in [4.69, 9.17) is 10.5 Å². The van der Waals surface area contributed by atoms with Crippen LogP contribution in [0.25, 0.3) is 0 Å². The smallest absolute Gasteiger partial charge is 0.339 e. The monoisotopic (exact) mass is 421 g/mol. The maximum Gasteiger partial charge on any atom is 0.339 e. The summed E-state index contributed by atoms with van der Waals surface area (Å²) in [6, 6.07) is 7.63. The van der Waals surface area contributed by atoms with Crippen molar-refractivity contribution in [2.75, 3.05) is 31.9 Å². The van der Waals surface area contributed by atoms with Gasteiger partial charge in [0, 0.05) is 61.9 Å². The highest BCUT2D eigenvalue weighted by atomic mass is 16.6. The lowest BCUT2D eigenvalue weighted by Gasteiger charge is -2.41. The number of rotatable bonds is 3. The molecule has 3 aliphatic heterocycles. The molecule has 1 spiro atoms. The Bertz CT molecular complexity index is 977. The molecule has 4 heterocycles. The number of aromatic nitrogens is 2. The average Bonchev–Trinajstić information content (AvgIpc) is 3.07. The number of amides is 1. The zero-order valence-corrected chi connectivity index (χ0v) is 17.5. The second-order valence-electron chi connectivity index (χ2n) is 8.75. The van der Waals surface area contributed by atoms with Crippen LogP contribution in [0.2, 0.25) is 0 Å². The Labute approximate surface area is 181 Å². The Kier molecular flexibility index (Phi) is 5.09. The standard InChI is InChI=1S/C23H27N5O3/c24-22-25-13-16(14-26-22)15-27-9-5-17(6-10-27)20(29)28-11-7-23(8-12-28)19-4-2-1-3-18(19)21(30)31-23/h1-4,13-14,17H,5-12,15H2,(H2,24,25,26). The van der Waals surface area contributed by atoms with Crippen molar-refractivity contribution >= 4 is 17.8 Å². The van der Waals surface area contributed by atoms with Gasteiger partial charge in [-0.05, 0) is 32.0 Å². The molecule has 1 aromatic heterocycles. The molecular formula is C23H27N5O3. The lowest BCUT2D eigenvalue weighted by Crippen LogP contribution is -2.49. The summed E-state index contributed by atoms with van der Waals surface area (Å²) in [6.45, 7) is 3.79. The van der Waals surface area contributed by atoms with Crippen LogP contribution >= 0.6 is 0 Å². The summed E-state index contributed by atoms with van der Waals surface area (Å²) in [5, 5.41) is 0. The highest BCUT2D eigenvalue weighted by molar-refractivity contribution is 5.94. The van der Waals surface area contributed by atoms with Crippen molar-refractivity contribution in [1.82, 2.24) is 19.8 Å². The molecule has 1 amide bonds. The van der Waals surface area contributed by atoms with Gasteiger partial charge in [-0.25, -0.2) is 14.8 Å². The molecule has 2 fully saturated rings. The van der Waals surface area contributed by atoms with Gasteiger partial charge >= 0.3 is 5.97 Å². The van der Waals surface area contributed by atoms with E-state index in [0.29, 0.717) is 31.5 Å². The van der Waals surface area contributed by atoms with Crippen LogP contribution in [0, 0.1) is 5.92 Å². The van der Waals surface area contributed by atoms with Crippen LogP contribution in [0.15, 0.2) is 36.7 Å². The predicted octanol–water partition coefficient (Wildman–Crippen LogP) is 1.96. The number of esters is 1. The van der Waals surface area contributed by atoms with Crippen LogP contribution in [0.3, 0.4) is 0 Å². The minimum atomic E-state index is -0.561. The zero-order chi connectivity index (χ0) is 21.4. The third-order valence-corrected chi connectivity index (χ3v) is 6.88. The van der Waals surface area contributed by atoms with E-state index >= 15 is 0 Å². The summed E-state index contributed by atoms with van der Waals surface area (Å²) in [5.74, 6) is 0.343. The SMILES string of the molecule is Nc1ncc(CN2CCC(C(=O)N3CCC4(CC3)OC(=O)c3ccccc34)CC2)cn1. The van der Waals surface area contributed by atoms with Crippen LogP contribution in [0.1, 0.15) is 47.2 Å². The van der Waals surface area contributed by atoms with Gasteiger partial charge in [0.25, 0.3) is 0 Å². The molecule has 8 nitrogen and oxygen atoms in total. The highest BCUT2D eigenvalue weighted by Gasteiger charge is 2.48. The van der Waals surface area contributed by atoms with Crippen LogP contribution < -0.4 is 5.73 Å². The number of nitrogens with two attached hydrogens (primary N) is 1. The highest BCUT2D eigenvalue weighted by Crippen LogP contribution is 2.44. The van der Waals surface area contributed by atoms with Crippen molar-refractivity contribution in [3.63, 3.8) is 0 Å². The van der Waals surface area contributed by atoms with Gasteiger partial charge in [0.1, 0.15) is 5.60 Å². The summed E-state index contributed by atoms with van der Waals surface area (Å²) >= 11 is 0. The molecular weight excluding hydrogens is 394 g/mol. The van der Waals surface area contributed by atoms with E-state index in [9.17, 15) is 9.59 Å². The topological polar surface area (TPSA) is 102 Å². The Morgan fingerprint density at radius 3 is 2.48 bits per heavy atom. The zero-order valence-electron chi connectivity index (χ0n) is 17.5. The first kappa shape index (κ1) is 19.9. The van der Waals surface area contributed by atoms with Crippen LogP contribution in [-0.4, -0.2) is 57.8 Å². The molecule has 0 radical (unpaired) electrons. The lowest BCUT2D eigenvalue weighted by atomic mass is 9.83. The van der Waals surface area contributed by atoms with E-state index in [1.807, 2.05) is 29.2 Å². The molecule has 0 bridgehead atoms. The number of carbonyl (C=O) groups is 2. The number of fused-ring (bicyclic) bond motifs is 2. The fourth-order valence-electron chi connectivity index (χ4n) is 5.11. The minimum absolute atomic E-state index is 0.0615. The molecule has 0 unspecified atom stereocenters. The number of nitrogens with zero attached hydrogens (tertiary/aromatic N) is 4. The number of hydrogen-bond acceptors (Lipinski definition) is 7. The molecule has 1 aromatic carbocycles. The predicted molar refractivity (Wildman–Crippen MR) is 114 cm³/mol. The second kappa shape index (κ2) is 7.92. The van der Waals surface area contributed by atoms with Crippen molar-refractivity contribution in [3.05, 3.63) is 53.3 Å². The molecule has 5 rings (SSSR count). The maximum atomic E-state index is 13.1. The van der Waals surface area contributed by atoms with Crippen molar-refractivity contribution in [2.24, 2.45) is 5.92 Å². The largest absolute Gasteiger partial charge is 0.450 e. The number of likely N-dealkylation sites (tertiary alicyclic amines) is 2. The molecule has 3 aliphatic rings. The van der Waals surface area contributed by atoms with Gasteiger partial charge in [0.15, 0.2) is 0 Å². The van der Waals surface area contributed by atoms with Crippen molar-refractivity contribution < 1.29 is 14.3 Å². The molecule has 2 saturated heterocycles. The first-order valence-electron chi connectivity index (χ1n) is 10.9. The quantitative estimate of drug-likeness (QED) is 0.756. The van der Waals surface area contributed by atoms with Crippen molar-refractivity contribution in [3.8, 4) is 0 Å². The van der Waals surface area contributed by atoms with E-state index in [1.54, 1.807) is 12.4 Å². The third-order valence-electron chi connectivity index (χ3n) is 6.88. The second-order valence-corrected chi connectivity index (χ2v) is 8.75. The number of anilines is 1. The van der Waals surface area contributed by atoms with E-state index < -0.39 is 5.60 Å². The van der Waals surface area contributed by atoms with Crippen LogP contribution in [0.5, 0.6) is 0 Å². The fourth-order valence-corrected chi connectivity index (χ4v) is 5.11. The van der Waals surface area contributed by atoms with Crippen molar-refractivity contribution in [1.29, 1.82) is 0 Å². The molecule has 2 N–H and O–H groups in total. The minimum Gasteiger partial charge on any atom is -0.450 e. The fraction of sp³-hybridized carbons (Fsp3) is 0.478. The Hall–Kier alpha value is -3.00. The summed E-state index contributed by atoms with van der Waals surface area (Å²) in [7, 11) is 0. The van der Waals surface area contributed by atoms with E-state index in [0.717, 1.165) is 43.6 Å². The summed E-state index contributed by atoms with van der Waals surface area (Å²) in [5.41, 5.74) is 7.67. The van der Waals surface area contributed by atoms with E-state index in [-0.39, 0.29) is 23.7 Å². The number of nitrogen functional groups attached to an aromatic ring is 1. The molecule has 162 valence electrons.